The van der Waals surface area contributed by atoms with Crippen LogP contribution in [0.5, 0.6) is 5.75 Å². The lowest BCUT2D eigenvalue weighted by atomic mass is 9.97. The van der Waals surface area contributed by atoms with E-state index in [9.17, 15) is 9.59 Å². The van der Waals surface area contributed by atoms with Gasteiger partial charge in [-0.25, -0.2) is 0 Å². The van der Waals surface area contributed by atoms with Crippen molar-refractivity contribution < 1.29 is 14.3 Å². The van der Waals surface area contributed by atoms with E-state index in [2.05, 4.69) is 0 Å². The Labute approximate surface area is 132 Å². The van der Waals surface area contributed by atoms with Crippen LogP contribution in [-0.2, 0) is 9.59 Å². The SMILES string of the molecule is NC(=O)C1CCCN(C(=O)COc2cc(Cl)cc(Cl)c2)C1. The molecule has 1 atom stereocenters. The fraction of sp³-hybridized carbons (Fsp3) is 0.429. The van der Waals surface area contributed by atoms with Gasteiger partial charge in [0, 0.05) is 23.1 Å². The van der Waals surface area contributed by atoms with Crippen LogP contribution in [-0.4, -0.2) is 36.4 Å². The first-order chi connectivity index (χ1) is 9.95. The van der Waals surface area contributed by atoms with Crippen LogP contribution in [0.25, 0.3) is 0 Å². The van der Waals surface area contributed by atoms with Gasteiger partial charge < -0.3 is 15.4 Å². The minimum absolute atomic E-state index is 0.123. The lowest BCUT2D eigenvalue weighted by Gasteiger charge is -2.31. The summed E-state index contributed by atoms with van der Waals surface area (Å²) in [5, 5.41) is 0.883. The molecule has 0 spiro atoms. The average Bonchev–Trinajstić information content (AvgIpc) is 2.44. The van der Waals surface area contributed by atoms with Crippen molar-refractivity contribution in [2.45, 2.75) is 12.8 Å². The van der Waals surface area contributed by atoms with Crippen molar-refractivity contribution in [3.63, 3.8) is 0 Å². The molecule has 2 N–H and O–H groups in total. The molecule has 7 heteroatoms. The first-order valence-corrected chi connectivity index (χ1v) is 7.37. The van der Waals surface area contributed by atoms with Gasteiger partial charge in [0.25, 0.3) is 5.91 Å². The van der Waals surface area contributed by atoms with E-state index in [1.54, 1.807) is 23.1 Å². The van der Waals surface area contributed by atoms with E-state index >= 15 is 0 Å². The number of likely N-dealkylation sites (tertiary alicyclic amines) is 1. The van der Waals surface area contributed by atoms with Gasteiger partial charge in [-0.2, -0.15) is 0 Å². The van der Waals surface area contributed by atoms with Crippen molar-refractivity contribution >= 4 is 35.0 Å². The summed E-state index contributed by atoms with van der Waals surface area (Å²) in [7, 11) is 0. The lowest BCUT2D eigenvalue weighted by Crippen LogP contribution is -2.45. The molecule has 1 heterocycles. The van der Waals surface area contributed by atoms with E-state index < -0.39 is 0 Å². The van der Waals surface area contributed by atoms with E-state index in [1.165, 1.54) is 0 Å². The van der Waals surface area contributed by atoms with Crippen molar-refractivity contribution in [3.8, 4) is 5.75 Å². The summed E-state index contributed by atoms with van der Waals surface area (Å²) in [6, 6.07) is 4.76. The molecule has 0 radical (unpaired) electrons. The van der Waals surface area contributed by atoms with Crippen molar-refractivity contribution in [3.05, 3.63) is 28.2 Å². The van der Waals surface area contributed by atoms with Crippen LogP contribution in [0.3, 0.4) is 0 Å². The molecule has 5 nitrogen and oxygen atoms in total. The molecule has 21 heavy (non-hydrogen) atoms. The van der Waals surface area contributed by atoms with Crippen molar-refractivity contribution in [1.29, 1.82) is 0 Å². The van der Waals surface area contributed by atoms with Gasteiger partial charge in [0.2, 0.25) is 5.91 Å². The van der Waals surface area contributed by atoms with E-state index in [0.29, 0.717) is 28.9 Å². The number of benzene rings is 1. The number of nitrogens with zero attached hydrogens (tertiary/aromatic N) is 1. The number of rotatable bonds is 4. The molecule has 0 aromatic heterocycles. The fourth-order valence-corrected chi connectivity index (χ4v) is 2.79. The minimum Gasteiger partial charge on any atom is -0.484 e. The zero-order valence-corrected chi connectivity index (χ0v) is 12.9. The van der Waals surface area contributed by atoms with Crippen molar-refractivity contribution in [2.24, 2.45) is 11.7 Å². The second-order valence-electron chi connectivity index (χ2n) is 4.98. The highest BCUT2D eigenvalue weighted by Crippen LogP contribution is 2.24. The number of hydrogen-bond acceptors (Lipinski definition) is 3. The van der Waals surface area contributed by atoms with Crippen LogP contribution in [0.15, 0.2) is 18.2 Å². The molecule has 1 aliphatic rings. The second kappa shape index (κ2) is 7.00. The number of carbonyl (C=O) groups is 2. The molecule has 1 unspecified atom stereocenters. The molecule has 114 valence electrons. The van der Waals surface area contributed by atoms with Gasteiger partial charge in [0.15, 0.2) is 6.61 Å². The number of piperidine rings is 1. The molecule has 1 fully saturated rings. The Bertz CT molecular complexity index is 531. The van der Waals surface area contributed by atoms with Gasteiger partial charge in [-0.1, -0.05) is 23.2 Å². The highest BCUT2D eigenvalue weighted by atomic mass is 35.5. The van der Waals surface area contributed by atoms with E-state index in [4.69, 9.17) is 33.7 Å². The number of halogens is 2. The standard InChI is InChI=1S/C14H16Cl2N2O3/c15-10-4-11(16)6-12(5-10)21-8-13(19)18-3-1-2-9(7-18)14(17)20/h4-6,9H,1-3,7-8H2,(H2,17,20). The molecule has 2 rings (SSSR count). The van der Waals surface area contributed by atoms with E-state index in [-0.39, 0.29) is 24.3 Å². The van der Waals surface area contributed by atoms with Crippen LogP contribution >= 0.6 is 23.2 Å². The third-order valence-electron chi connectivity index (χ3n) is 3.37. The number of primary amides is 1. The molecule has 0 aliphatic carbocycles. The van der Waals surface area contributed by atoms with Gasteiger partial charge >= 0.3 is 0 Å². The normalized spacial score (nSPS) is 18.4. The van der Waals surface area contributed by atoms with Gasteiger partial charge in [0.1, 0.15) is 5.75 Å². The summed E-state index contributed by atoms with van der Waals surface area (Å²) in [6.07, 6.45) is 1.49. The smallest absolute Gasteiger partial charge is 0.260 e. The van der Waals surface area contributed by atoms with Crippen molar-refractivity contribution in [1.82, 2.24) is 4.90 Å². The Hall–Kier alpha value is -1.46. The first-order valence-electron chi connectivity index (χ1n) is 6.61. The lowest BCUT2D eigenvalue weighted by molar-refractivity contribution is -0.136. The Kier molecular flexibility index (Phi) is 5.31. The summed E-state index contributed by atoms with van der Waals surface area (Å²) in [5.74, 6) is -0.389. The van der Waals surface area contributed by atoms with Crippen LogP contribution < -0.4 is 10.5 Å². The van der Waals surface area contributed by atoms with E-state index in [1.807, 2.05) is 0 Å². The molecular weight excluding hydrogens is 315 g/mol. The maximum atomic E-state index is 12.1. The van der Waals surface area contributed by atoms with Crippen LogP contribution in [0.1, 0.15) is 12.8 Å². The quantitative estimate of drug-likeness (QED) is 0.918. The molecule has 1 aromatic carbocycles. The predicted octanol–water partition coefficient (Wildman–Crippen LogP) is 2.10. The second-order valence-corrected chi connectivity index (χ2v) is 5.85. The number of nitrogens with two attached hydrogens (primary N) is 1. The first kappa shape index (κ1) is 15.9. The van der Waals surface area contributed by atoms with Crippen LogP contribution in [0.4, 0.5) is 0 Å². The van der Waals surface area contributed by atoms with E-state index in [0.717, 1.165) is 12.8 Å². The zero-order valence-electron chi connectivity index (χ0n) is 11.4. The number of hydrogen-bond donors (Lipinski definition) is 1. The van der Waals surface area contributed by atoms with Gasteiger partial charge in [-0.3, -0.25) is 9.59 Å². The Morgan fingerprint density at radius 3 is 2.57 bits per heavy atom. The maximum absolute atomic E-state index is 12.1. The summed E-state index contributed by atoms with van der Waals surface area (Å²) >= 11 is 11.7. The van der Waals surface area contributed by atoms with Gasteiger partial charge in [0.05, 0.1) is 5.92 Å². The molecule has 1 aliphatic heterocycles. The number of carbonyl (C=O) groups excluding carboxylic acids is 2. The third-order valence-corrected chi connectivity index (χ3v) is 3.81. The molecule has 1 aromatic rings. The summed E-state index contributed by atoms with van der Waals surface area (Å²) in [6.45, 7) is 0.845. The zero-order chi connectivity index (χ0) is 15.4. The molecule has 0 saturated carbocycles. The Balaban J connectivity index is 1.90. The van der Waals surface area contributed by atoms with Crippen molar-refractivity contribution in [2.75, 3.05) is 19.7 Å². The minimum atomic E-state index is -0.366. The fourth-order valence-electron chi connectivity index (χ4n) is 2.28. The highest BCUT2D eigenvalue weighted by molar-refractivity contribution is 6.34. The Morgan fingerprint density at radius 2 is 1.95 bits per heavy atom. The molecular formula is C14H16Cl2N2O3. The Morgan fingerprint density at radius 1 is 1.29 bits per heavy atom. The molecule has 2 amide bonds. The predicted molar refractivity (Wildman–Crippen MR) is 80.5 cm³/mol. The monoisotopic (exact) mass is 330 g/mol. The summed E-state index contributed by atoms with van der Waals surface area (Å²) < 4.78 is 5.40. The average molecular weight is 331 g/mol. The maximum Gasteiger partial charge on any atom is 0.260 e. The third kappa shape index (κ3) is 4.51. The van der Waals surface area contributed by atoms with Gasteiger partial charge in [-0.15, -0.1) is 0 Å². The largest absolute Gasteiger partial charge is 0.484 e. The van der Waals surface area contributed by atoms with Crippen LogP contribution in [0, 0.1) is 5.92 Å². The molecule has 1 saturated heterocycles. The van der Waals surface area contributed by atoms with Gasteiger partial charge in [-0.05, 0) is 31.0 Å². The molecule has 0 bridgehead atoms. The van der Waals surface area contributed by atoms with Crippen LogP contribution in [0.2, 0.25) is 10.0 Å². The highest BCUT2D eigenvalue weighted by Gasteiger charge is 2.27. The number of amides is 2. The number of ether oxygens (including phenoxy) is 1. The topological polar surface area (TPSA) is 72.6 Å². The summed E-state index contributed by atoms with van der Waals surface area (Å²) in [4.78, 5) is 24.9. The summed E-state index contributed by atoms with van der Waals surface area (Å²) in [5.41, 5.74) is 5.29.